The summed E-state index contributed by atoms with van der Waals surface area (Å²) in [5, 5.41) is 21.5. The van der Waals surface area contributed by atoms with E-state index in [-0.39, 0.29) is 12.8 Å². The molecular weight excluding hydrogens is 577 g/mol. The van der Waals surface area contributed by atoms with E-state index in [1.165, 1.54) is 77.0 Å². The molecule has 4 N–H and O–H groups in total. The summed E-state index contributed by atoms with van der Waals surface area (Å²) in [6, 6.07) is -1.54. The molecule has 3 atom stereocenters. The van der Waals surface area contributed by atoms with Gasteiger partial charge in [-0.3, -0.25) is 18.6 Å². The molecule has 0 saturated carbocycles. The van der Waals surface area contributed by atoms with Gasteiger partial charge in [-0.05, 0) is 12.8 Å². The van der Waals surface area contributed by atoms with E-state index >= 15 is 0 Å². The molecule has 0 aromatic heterocycles. The van der Waals surface area contributed by atoms with E-state index in [0.717, 1.165) is 32.1 Å². The van der Waals surface area contributed by atoms with Crippen LogP contribution < -0.4 is 5.32 Å². The van der Waals surface area contributed by atoms with Gasteiger partial charge >= 0.3 is 19.8 Å². The molecular formula is C31H60NO10P. The topological polar surface area (TPSA) is 169 Å². The Morgan fingerprint density at radius 2 is 1.07 bits per heavy atom. The minimum atomic E-state index is -4.72. The van der Waals surface area contributed by atoms with Gasteiger partial charge in [-0.15, -0.1) is 0 Å². The van der Waals surface area contributed by atoms with Crippen LogP contribution >= 0.6 is 7.82 Å². The fourth-order valence-corrected chi connectivity index (χ4v) is 5.26. The van der Waals surface area contributed by atoms with Crippen LogP contribution in [0.15, 0.2) is 0 Å². The van der Waals surface area contributed by atoms with E-state index in [9.17, 15) is 34.1 Å². The van der Waals surface area contributed by atoms with Crippen molar-refractivity contribution in [3.05, 3.63) is 0 Å². The van der Waals surface area contributed by atoms with Crippen molar-refractivity contribution in [3.8, 4) is 0 Å². The zero-order valence-corrected chi connectivity index (χ0v) is 27.7. The number of carboxylic acids is 1. The number of unbranched alkanes of at least 4 members (excludes halogenated alkanes) is 17. The number of phosphoric acid groups is 1. The molecule has 0 spiro atoms. The predicted octanol–water partition coefficient (Wildman–Crippen LogP) is 6.83. The average Bonchev–Trinajstić information content (AvgIpc) is 2.97. The van der Waals surface area contributed by atoms with Crippen LogP contribution in [-0.4, -0.2) is 64.9 Å². The molecule has 0 aromatic carbocycles. The third-order valence-electron chi connectivity index (χ3n) is 7.15. The Hall–Kier alpha value is -1.52. The quantitative estimate of drug-likeness (QED) is 0.0359. The van der Waals surface area contributed by atoms with Crippen molar-refractivity contribution in [2.75, 3.05) is 19.8 Å². The zero-order valence-electron chi connectivity index (χ0n) is 26.8. The molecule has 0 radical (unpaired) electrons. The van der Waals surface area contributed by atoms with Crippen molar-refractivity contribution in [2.45, 2.75) is 161 Å². The average molecular weight is 638 g/mol. The summed E-state index contributed by atoms with van der Waals surface area (Å²) < 4.78 is 26.3. The van der Waals surface area contributed by atoms with E-state index in [2.05, 4.69) is 16.8 Å². The summed E-state index contributed by atoms with van der Waals surface area (Å²) in [6.07, 6.45) is 20.9. The van der Waals surface area contributed by atoms with Gasteiger partial charge < -0.3 is 25.2 Å². The molecule has 0 aliphatic heterocycles. The van der Waals surface area contributed by atoms with Gasteiger partial charge in [0.25, 0.3) is 0 Å². The van der Waals surface area contributed by atoms with E-state index in [1.54, 1.807) is 0 Å². The molecule has 1 amide bonds. The first-order chi connectivity index (χ1) is 20.6. The van der Waals surface area contributed by atoms with Gasteiger partial charge in [0.15, 0.2) is 6.04 Å². The van der Waals surface area contributed by atoms with E-state index in [0.29, 0.717) is 12.8 Å². The van der Waals surface area contributed by atoms with Crippen molar-refractivity contribution < 1.29 is 47.8 Å². The van der Waals surface area contributed by atoms with Crippen LogP contribution in [0.3, 0.4) is 0 Å². The minimum absolute atomic E-state index is 0.152. The molecule has 11 nitrogen and oxygen atoms in total. The second-order valence-electron chi connectivity index (χ2n) is 11.4. The molecule has 43 heavy (non-hydrogen) atoms. The lowest BCUT2D eigenvalue weighted by Crippen LogP contribution is -2.43. The van der Waals surface area contributed by atoms with Gasteiger partial charge in [0.2, 0.25) is 5.91 Å². The smallest absolute Gasteiger partial charge is 0.472 e. The maximum Gasteiger partial charge on any atom is 0.472 e. The number of phosphoric ester groups is 1. The largest absolute Gasteiger partial charge is 0.480 e. The molecule has 254 valence electrons. The number of rotatable bonds is 31. The van der Waals surface area contributed by atoms with Crippen LogP contribution in [0.2, 0.25) is 0 Å². The number of esters is 1. The maximum atomic E-state index is 12.2. The van der Waals surface area contributed by atoms with Crippen molar-refractivity contribution in [1.82, 2.24) is 5.32 Å². The Morgan fingerprint density at radius 3 is 1.56 bits per heavy atom. The second-order valence-corrected chi connectivity index (χ2v) is 12.8. The van der Waals surface area contributed by atoms with Crippen LogP contribution in [0.5, 0.6) is 0 Å². The van der Waals surface area contributed by atoms with E-state index < -0.39 is 57.6 Å². The van der Waals surface area contributed by atoms with Gasteiger partial charge in [0, 0.05) is 12.8 Å². The van der Waals surface area contributed by atoms with Gasteiger partial charge in [0.1, 0.15) is 12.7 Å². The summed E-state index contributed by atoms with van der Waals surface area (Å²) in [5.41, 5.74) is 0. The number of aliphatic hydroxyl groups is 1. The SMILES string of the molecule is CCCCCCCCCCCCCCCCCCC(=O)NC(COP(=O)(O)OCC(O)COC(=O)CCCCC)C(=O)O. The lowest BCUT2D eigenvalue weighted by atomic mass is 10.0. The molecule has 0 fully saturated rings. The first-order valence-electron chi connectivity index (χ1n) is 16.6. The number of nitrogens with one attached hydrogen (secondary N) is 1. The minimum Gasteiger partial charge on any atom is -0.480 e. The number of carboxylic acid groups (broad SMARTS) is 1. The molecule has 0 heterocycles. The molecule has 0 saturated heterocycles. The molecule has 0 aliphatic carbocycles. The number of amides is 1. The van der Waals surface area contributed by atoms with Crippen LogP contribution in [0.1, 0.15) is 149 Å². The maximum absolute atomic E-state index is 12.2. The highest BCUT2D eigenvalue weighted by Crippen LogP contribution is 2.43. The van der Waals surface area contributed by atoms with Crippen molar-refractivity contribution in [2.24, 2.45) is 0 Å². The third-order valence-corrected chi connectivity index (χ3v) is 8.10. The second kappa shape index (κ2) is 28.0. The molecule has 0 bridgehead atoms. The number of carbonyl (C=O) groups is 3. The molecule has 12 heteroatoms. The van der Waals surface area contributed by atoms with Crippen molar-refractivity contribution >= 4 is 25.7 Å². The van der Waals surface area contributed by atoms with Crippen molar-refractivity contribution in [1.29, 1.82) is 0 Å². The van der Waals surface area contributed by atoms with Crippen LogP contribution in [0, 0.1) is 0 Å². The Labute approximate surface area is 259 Å². The van der Waals surface area contributed by atoms with Gasteiger partial charge in [-0.1, -0.05) is 123 Å². The highest BCUT2D eigenvalue weighted by Gasteiger charge is 2.28. The first kappa shape index (κ1) is 41.5. The van der Waals surface area contributed by atoms with Gasteiger partial charge in [0.05, 0.1) is 13.2 Å². The Balaban J connectivity index is 3.93. The number of aliphatic hydroxyl groups excluding tert-OH is 1. The number of hydrogen-bond acceptors (Lipinski definition) is 8. The summed E-state index contributed by atoms with van der Waals surface area (Å²) in [6.45, 7) is 2.36. The summed E-state index contributed by atoms with van der Waals surface area (Å²) >= 11 is 0. The lowest BCUT2D eigenvalue weighted by molar-refractivity contribution is -0.147. The van der Waals surface area contributed by atoms with Gasteiger partial charge in [-0.2, -0.15) is 0 Å². The van der Waals surface area contributed by atoms with Crippen LogP contribution in [0.25, 0.3) is 0 Å². The Morgan fingerprint density at radius 1 is 0.651 bits per heavy atom. The third kappa shape index (κ3) is 27.7. The molecule has 0 aliphatic rings. The van der Waals surface area contributed by atoms with E-state index in [4.69, 9.17) is 9.26 Å². The number of carbonyl (C=O) groups excluding carboxylic acids is 2. The Bertz CT molecular complexity index is 767. The molecule has 3 unspecified atom stereocenters. The number of ether oxygens (including phenoxy) is 1. The van der Waals surface area contributed by atoms with Gasteiger partial charge in [-0.25, -0.2) is 9.36 Å². The van der Waals surface area contributed by atoms with E-state index in [1.807, 2.05) is 6.92 Å². The number of aliphatic carboxylic acids is 1. The summed E-state index contributed by atoms with van der Waals surface area (Å²) in [7, 11) is -4.72. The Kier molecular flexibility index (Phi) is 27.0. The first-order valence-corrected chi connectivity index (χ1v) is 18.1. The summed E-state index contributed by atoms with van der Waals surface area (Å²) in [4.78, 5) is 45.0. The van der Waals surface area contributed by atoms with Crippen LogP contribution in [-0.2, 0) is 32.7 Å². The fourth-order valence-electron chi connectivity index (χ4n) is 4.49. The fraction of sp³-hybridized carbons (Fsp3) is 0.903. The molecule has 0 rings (SSSR count). The van der Waals surface area contributed by atoms with Crippen molar-refractivity contribution in [3.63, 3.8) is 0 Å². The lowest BCUT2D eigenvalue weighted by Gasteiger charge is -2.18. The predicted molar refractivity (Wildman–Crippen MR) is 167 cm³/mol. The monoisotopic (exact) mass is 637 g/mol. The zero-order chi connectivity index (χ0) is 32.2. The highest BCUT2D eigenvalue weighted by atomic mass is 31.2. The molecule has 0 aromatic rings. The highest BCUT2D eigenvalue weighted by molar-refractivity contribution is 7.47. The standard InChI is InChI=1S/C31H60NO10P/c1-3-5-7-8-9-10-11-12-13-14-15-16-17-18-19-21-22-29(34)32-28(31(36)37)26-42-43(38,39)41-25-27(33)24-40-30(35)23-20-6-4-2/h27-28,33H,3-26H2,1-2H3,(H,32,34)(H,36,37)(H,38,39). The number of hydrogen-bond donors (Lipinski definition) is 4. The van der Waals surface area contributed by atoms with Crippen LogP contribution in [0.4, 0.5) is 0 Å². The summed E-state index contributed by atoms with van der Waals surface area (Å²) in [5.74, 6) is -2.39. The normalized spacial score (nSPS) is 14.1.